The summed E-state index contributed by atoms with van der Waals surface area (Å²) < 4.78 is 5.41. The molecule has 1 N–H and O–H groups in total. The predicted molar refractivity (Wildman–Crippen MR) is 103 cm³/mol. The molecule has 0 atom stereocenters. The fraction of sp³-hybridized carbons (Fsp3) is 0.0909. The molecule has 4 nitrogen and oxygen atoms in total. The van der Waals surface area contributed by atoms with Crippen LogP contribution in [0, 0.1) is 0 Å². The van der Waals surface area contributed by atoms with Gasteiger partial charge in [-0.3, -0.25) is 9.78 Å². The molecule has 0 aliphatic heterocycles. The monoisotopic (exact) mass is 344 g/mol. The summed E-state index contributed by atoms with van der Waals surface area (Å²) in [4.78, 5) is 17.0. The third kappa shape index (κ3) is 4.36. The molecule has 0 fully saturated rings. The van der Waals surface area contributed by atoms with Crippen molar-refractivity contribution >= 4 is 17.6 Å². The molecule has 0 bridgehead atoms. The Kier molecular flexibility index (Phi) is 5.78. The summed E-state index contributed by atoms with van der Waals surface area (Å²) in [6, 6.07) is 21.0. The smallest absolute Gasteiger partial charge is 0.252 e. The molecule has 0 radical (unpaired) electrons. The second-order valence-corrected chi connectivity index (χ2v) is 5.71. The largest absolute Gasteiger partial charge is 0.496 e. The quantitative estimate of drug-likeness (QED) is 0.544. The Balaban J connectivity index is 1.91. The van der Waals surface area contributed by atoms with E-state index in [1.54, 1.807) is 19.5 Å². The van der Waals surface area contributed by atoms with Gasteiger partial charge in [0, 0.05) is 30.1 Å². The number of benzene rings is 2. The molecule has 0 aliphatic rings. The first kappa shape index (κ1) is 17.4. The number of hydrogen-bond acceptors (Lipinski definition) is 3. The third-order valence-corrected chi connectivity index (χ3v) is 3.94. The Morgan fingerprint density at radius 1 is 1.04 bits per heavy atom. The van der Waals surface area contributed by atoms with Gasteiger partial charge < -0.3 is 10.1 Å². The maximum atomic E-state index is 12.9. The number of carbonyl (C=O) groups excluding carboxylic acids is 1. The highest BCUT2D eigenvalue weighted by molar-refractivity contribution is 6.24. The van der Waals surface area contributed by atoms with Crippen molar-refractivity contribution in [3.63, 3.8) is 0 Å². The van der Waals surface area contributed by atoms with Crippen LogP contribution in [-0.2, 0) is 11.3 Å². The summed E-state index contributed by atoms with van der Waals surface area (Å²) in [5, 5.41) is 2.97. The van der Waals surface area contributed by atoms with Crippen molar-refractivity contribution in [2.45, 2.75) is 6.54 Å². The van der Waals surface area contributed by atoms with Crippen LogP contribution in [0.4, 0.5) is 0 Å². The number of hydrogen-bond donors (Lipinski definition) is 1. The predicted octanol–water partition coefficient (Wildman–Crippen LogP) is 3.95. The summed E-state index contributed by atoms with van der Waals surface area (Å²) in [5.41, 5.74) is 3.23. The fourth-order valence-corrected chi connectivity index (χ4v) is 2.62. The number of nitrogens with one attached hydrogen (secondary N) is 1. The number of carbonyl (C=O) groups is 1. The number of amides is 1. The van der Waals surface area contributed by atoms with E-state index in [0.29, 0.717) is 12.1 Å². The van der Waals surface area contributed by atoms with Crippen LogP contribution in [0.15, 0.2) is 79.1 Å². The van der Waals surface area contributed by atoms with Crippen LogP contribution in [-0.4, -0.2) is 18.0 Å². The van der Waals surface area contributed by atoms with E-state index < -0.39 is 0 Å². The number of rotatable bonds is 6. The van der Waals surface area contributed by atoms with E-state index in [4.69, 9.17) is 4.74 Å². The molecule has 4 heteroatoms. The highest BCUT2D eigenvalue weighted by Gasteiger charge is 2.13. The highest BCUT2D eigenvalue weighted by atomic mass is 16.5. The minimum absolute atomic E-state index is 0.147. The molecule has 1 aromatic heterocycles. The number of nitrogens with zero attached hydrogens (tertiary/aromatic N) is 1. The van der Waals surface area contributed by atoms with E-state index in [1.165, 1.54) is 0 Å². The van der Waals surface area contributed by atoms with Gasteiger partial charge in [-0.1, -0.05) is 54.6 Å². The lowest BCUT2D eigenvalue weighted by Gasteiger charge is -2.11. The molecule has 0 saturated heterocycles. The average molecular weight is 344 g/mol. The highest BCUT2D eigenvalue weighted by Crippen LogP contribution is 2.24. The molecule has 130 valence electrons. The number of para-hydroxylation sites is 1. The van der Waals surface area contributed by atoms with Crippen LogP contribution >= 0.6 is 0 Å². The summed E-state index contributed by atoms with van der Waals surface area (Å²) >= 11 is 0. The van der Waals surface area contributed by atoms with E-state index in [0.717, 1.165) is 22.4 Å². The average Bonchev–Trinajstić information content (AvgIpc) is 2.72. The van der Waals surface area contributed by atoms with Gasteiger partial charge in [0.15, 0.2) is 0 Å². The number of ether oxygens (including phenoxy) is 1. The van der Waals surface area contributed by atoms with E-state index in [2.05, 4.69) is 10.3 Å². The van der Waals surface area contributed by atoms with Gasteiger partial charge in [-0.25, -0.2) is 0 Å². The number of methoxy groups -OCH3 is 1. The maximum Gasteiger partial charge on any atom is 0.252 e. The molecule has 2 aromatic carbocycles. The van der Waals surface area contributed by atoms with Crippen LogP contribution in [0.3, 0.4) is 0 Å². The molecule has 3 rings (SSSR count). The molecular formula is C22H20N2O2. The van der Waals surface area contributed by atoms with Gasteiger partial charge in [0.25, 0.3) is 5.91 Å². The van der Waals surface area contributed by atoms with Crippen molar-refractivity contribution in [2.24, 2.45) is 0 Å². The second kappa shape index (κ2) is 8.62. The zero-order valence-corrected chi connectivity index (χ0v) is 14.6. The van der Waals surface area contributed by atoms with E-state index >= 15 is 0 Å². The van der Waals surface area contributed by atoms with Gasteiger partial charge in [0.2, 0.25) is 0 Å². The fourth-order valence-electron chi connectivity index (χ4n) is 2.62. The lowest BCUT2D eigenvalue weighted by Crippen LogP contribution is -2.23. The van der Waals surface area contributed by atoms with Crippen LogP contribution in [0.5, 0.6) is 5.75 Å². The minimum atomic E-state index is -0.147. The minimum Gasteiger partial charge on any atom is -0.496 e. The van der Waals surface area contributed by atoms with Crippen LogP contribution in [0.2, 0.25) is 0 Å². The summed E-state index contributed by atoms with van der Waals surface area (Å²) in [7, 11) is 1.62. The van der Waals surface area contributed by atoms with Crippen LogP contribution in [0.1, 0.15) is 16.7 Å². The Morgan fingerprint density at radius 2 is 1.81 bits per heavy atom. The third-order valence-electron chi connectivity index (χ3n) is 3.94. The normalized spacial score (nSPS) is 11.0. The zero-order chi connectivity index (χ0) is 18.2. The standard InChI is InChI=1S/C22H20N2O2/c1-26-21-12-6-5-11-19(21)14-20(18-9-3-2-4-10-18)22(25)24-16-17-8-7-13-23-15-17/h2-15H,16H2,1H3,(H,24,25)/b20-14+. The topological polar surface area (TPSA) is 51.2 Å². The van der Waals surface area contributed by atoms with Crippen LogP contribution in [0.25, 0.3) is 11.6 Å². The molecule has 0 unspecified atom stereocenters. The maximum absolute atomic E-state index is 12.9. The first-order valence-electron chi connectivity index (χ1n) is 8.35. The molecule has 0 aliphatic carbocycles. The Labute approximate surface area is 153 Å². The van der Waals surface area contributed by atoms with Gasteiger partial charge in [-0.15, -0.1) is 0 Å². The zero-order valence-electron chi connectivity index (χ0n) is 14.6. The summed E-state index contributed by atoms with van der Waals surface area (Å²) in [5.74, 6) is 0.576. The molecular weight excluding hydrogens is 324 g/mol. The first-order chi connectivity index (χ1) is 12.8. The number of pyridine rings is 1. The van der Waals surface area contributed by atoms with E-state index in [1.807, 2.05) is 72.8 Å². The van der Waals surface area contributed by atoms with Gasteiger partial charge in [-0.05, 0) is 29.3 Å². The van der Waals surface area contributed by atoms with Crippen LogP contribution < -0.4 is 10.1 Å². The Bertz CT molecular complexity index is 890. The molecule has 0 spiro atoms. The second-order valence-electron chi connectivity index (χ2n) is 5.71. The van der Waals surface area contributed by atoms with Crippen molar-refractivity contribution < 1.29 is 9.53 Å². The lowest BCUT2D eigenvalue weighted by molar-refractivity contribution is -0.115. The van der Waals surface area contributed by atoms with Gasteiger partial charge >= 0.3 is 0 Å². The SMILES string of the molecule is COc1ccccc1/C=C(/C(=O)NCc1cccnc1)c1ccccc1. The summed E-state index contributed by atoms with van der Waals surface area (Å²) in [6.07, 6.45) is 5.31. The van der Waals surface area contributed by atoms with Gasteiger partial charge in [0.05, 0.1) is 7.11 Å². The van der Waals surface area contributed by atoms with Gasteiger partial charge in [0.1, 0.15) is 5.75 Å². The van der Waals surface area contributed by atoms with Gasteiger partial charge in [-0.2, -0.15) is 0 Å². The molecule has 3 aromatic rings. The lowest BCUT2D eigenvalue weighted by atomic mass is 10.0. The molecule has 1 heterocycles. The molecule has 0 saturated carbocycles. The number of aromatic nitrogens is 1. The Hall–Kier alpha value is -3.40. The summed E-state index contributed by atoms with van der Waals surface area (Å²) in [6.45, 7) is 0.419. The Morgan fingerprint density at radius 3 is 2.54 bits per heavy atom. The van der Waals surface area contributed by atoms with Crippen molar-refractivity contribution in [2.75, 3.05) is 7.11 Å². The van der Waals surface area contributed by atoms with Crippen molar-refractivity contribution in [3.8, 4) is 5.75 Å². The van der Waals surface area contributed by atoms with Crippen molar-refractivity contribution in [1.82, 2.24) is 10.3 Å². The van der Waals surface area contributed by atoms with Crippen molar-refractivity contribution in [1.29, 1.82) is 0 Å². The van der Waals surface area contributed by atoms with E-state index in [-0.39, 0.29) is 5.91 Å². The molecule has 26 heavy (non-hydrogen) atoms. The first-order valence-corrected chi connectivity index (χ1v) is 8.35. The van der Waals surface area contributed by atoms with Crippen molar-refractivity contribution in [3.05, 3.63) is 95.8 Å². The van der Waals surface area contributed by atoms with E-state index in [9.17, 15) is 4.79 Å². The molecule has 1 amide bonds.